The van der Waals surface area contributed by atoms with Gasteiger partial charge in [-0.3, -0.25) is 4.31 Å². The molecule has 3 unspecified atom stereocenters. The van der Waals surface area contributed by atoms with Crippen molar-refractivity contribution in [2.24, 2.45) is 11.8 Å². The van der Waals surface area contributed by atoms with Gasteiger partial charge in [0.15, 0.2) is 0 Å². The highest BCUT2D eigenvalue weighted by molar-refractivity contribution is 7.92. The fourth-order valence-corrected chi connectivity index (χ4v) is 7.13. The largest absolute Gasteiger partial charge is 0.262 e. The average Bonchev–Trinajstić information content (AvgIpc) is 3.16. The van der Waals surface area contributed by atoms with Crippen LogP contribution < -0.4 is 4.31 Å². The molecule has 1 heterocycles. The summed E-state index contributed by atoms with van der Waals surface area (Å²) in [4.78, 5) is 0. The fourth-order valence-electron chi connectivity index (χ4n) is 5.30. The molecule has 2 aromatic carbocycles. The molecule has 0 bridgehead atoms. The normalized spacial score (nSPS) is 26.0. The molecule has 0 N–H and O–H groups in total. The predicted molar refractivity (Wildman–Crippen MR) is 118 cm³/mol. The Balaban J connectivity index is 1.54. The summed E-state index contributed by atoms with van der Waals surface area (Å²) < 4.78 is 29.0. The lowest BCUT2D eigenvalue weighted by atomic mass is 9.77. The fraction of sp³-hybridized carbons (Fsp3) is 0.360. The number of sulfonamides is 1. The summed E-state index contributed by atoms with van der Waals surface area (Å²) in [7, 11) is -3.50. The van der Waals surface area contributed by atoms with E-state index in [1.54, 1.807) is 4.31 Å². The van der Waals surface area contributed by atoms with Gasteiger partial charge in [-0.2, -0.15) is 0 Å². The first-order valence-electron chi connectivity index (χ1n) is 10.6. The predicted octanol–water partition coefficient (Wildman–Crippen LogP) is 5.25. The van der Waals surface area contributed by atoms with Crippen molar-refractivity contribution in [3.63, 3.8) is 0 Å². The van der Waals surface area contributed by atoms with Gasteiger partial charge in [0, 0.05) is 5.92 Å². The number of fused-ring (bicyclic) bond motifs is 2. The van der Waals surface area contributed by atoms with Gasteiger partial charge < -0.3 is 0 Å². The van der Waals surface area contributed by atoms with Crippen LogP contribution in [0.25, 0.3) is 0 Å². The van der Waals surface area contributed by atoms with E-state index >= 15 is 0 Å². The maximum Gasteiger partial charge on any atom is 0.239 e. The minimum absolute atomic E-state index is 0.0343. The highest BCUT2D eigenvalue weighted by Crippen LogP contribution is 2.46. The van der Waals surface area contributed by atoms with Gasteiger partial charge in [-0.1, -0.05) is 72.3 Å². The Kier molecular flexibility index (Phi) is 4.83. The topological polar surface area (TPSA) is 37.4 Å². The molecule has 0 saturated carbocycles. The monoisotopic (exact) mass is 405 g/mol. The molecule has 0 spiro atoms. The number of anilines is 1. The molecule has 29 heavy (non-hydrogen) atoms. The van der Waals surface area contributed by atoms with Crippen molar-refractivity contribution in [2.75, 3.05) is 4.31 Å². The molecule has 0 amide bonds. The van der Waals surface area contributed by atoms with Crippen molar-refractivity contribution in [1.82, 2.24) is 0 Å². The van der Waals surface area contributed by atoms with Gasteiger partial charge in [0.25, 0.3) is 0 Å². The number of para-hydroxylation sites is 1. The molecule has 3 atom stereocenters. The molecule has 2 aliphatic carbocycles. The second kappa shape index (κ2) is 7.49. The van der Waals surface area contributed by atoms with Crippen LogP contribution in [-0.2, 0) is 22.2 Å². The Morgan fingerprint density at radius 2 is 1.72 bits per heavy atom. The van der Waals surface area contributed by atoms with Crippen LogP contribution in [0.1, 0.15) is 36.8 Å². The van der Waals surface area contributed by atoms with Gasteiger partial charge in [0.2, 0.25) is 10.0 Å². The van der Waals surface area contributed by atoms with E-state index in [0.717, 1.165) is 36.1 Å². The molecule has 1 aliphatic heterocycles. The quantitative estimate of drug-likeness (QED) is 0.652. The van der Waals surface area contributed by atoms with E-state index in [4.69, 9.17) is 0 Å². The molecule has 150 valence electrons. The zero-order valence-electron chi connectivity index (χ0n) is 16.6. The van der Waals surface area contributed by atoms with Gasteiger partial charge in [-0.25, -0.2) is 8.42 Å². The van der Waals surface area contributed by atoms with E-state index in [2.05, 4.69) is 24.3 Å². The first kappa shape index (κ1) is 18.7. The number of benzene rings is 2. The third-order valence-electron chi connectivity index (χ3n) is 6.62. The van der Waals surface area contributed by atoms with Crippen LogP contribution in [0, 0.1) is 11.8 Å². The first-order valence-corrected chi connectivity index (χ1v) is 12.3. The van der Waals surface area contributed by atoms with Crippen molar-refractivity contribution < 1.29 is 8.42 Å². The standard InChI is InChI=1S/C25H27NO2S/c27-29(28,18-19-9-3-1-4-10-19)26-24-14-8-7-13-21(24)17-23-22(15-16-25(23)26)20-11-5-2-6-12-20/h1,3-4,7-11,13-16,22-23,25H,2,5-6,12,17-18H2. The molecule has 0 fully saturated rings. The number of nitrogens with zero attached hydrogens (tertiary/aromatic N) is 1. The Morgan fingerprint density at radius 3 is 2.52 bits per heavy atom. The van der Waals surface area contributed by atoms with Gasteiger partial charge >= 0.3 is 0 Å². The third kappa shape index (κ3) is 3.44. The first-order chi connectivity index (χ1) is 14.1. The second-order valence-electron chi connectivity index (χ2n) is 8.46. The Labute approximate surface area is 173 Å². The molecule has 0 aromatic heterocycles. The van der Waals surface area contributed by atoms with Crippen LogP contribution in [-0.4, -0.2) is 14.5 Å². The molecular formula is C25H27NO2S. The number of rotatable bonds is 4. The number of hydrogen-bond acceptors (Lipinski definition) is 2. The molecular weight excluding hydrogens is 378 g/mol. The smallest absolute Gasteiger partial charge is 0.239 e. The van der Waals surface area contributed by atoms with Crippen LogP contribution in [0.3, 0.4) is 0 Å². The molecule has 3 aliphatic rings. The van der Waals surface area contributed by atoms with Crippen molar-refractivity contribution in [1.29, 1.82) is 0 Å². The highest BCUT2D eigenvalue weighted by atomic mass is 32.2. The lowest BCUT2D eigenvalue weighted by Crippen LogP contribution is -2.48. The molecule has 3 nitrogen and oxygen atoms in total. The summed E-state index contributed by atoms with van der Waals surface area (Å²) in [6.45, 7) is 0. The van der Waals surface area contributed by atoms with E-state index in [1.807, 2.05) is 48.5 Å². The van der Waals surface area contributed by atoms with Gasteiger partial charge in [-0.05, 0) is 55.2 Å². The van der Waals surface area contributed by atoms with Gasteiger partial charge in [0.05, 0.1) is 17.5 Å². The molecule has 4 heteroatoms. The van der Waals surface area contributed by atoms with Gasteiger partial charge in [0.1, 0.15) is 0 Å². The SMILES string of the molecule is O=S(=O)(Cc1ccccc1)N1c2ccccc2CC2C(C3=CCCCC3)C=CC21. The van der Waals surface area contributed by atoms with Crippen molar-refractivity contribution in [2.45, 2.75) is 43.9 Å². The summed E-state index contributed by atoms with van der Waals surface area (Å²) in [5, 5.41) is 0. The lowest BCUT2D eigenvalue weighted by Gasteiger charge is -2.41. The summed E-state index contributed by atoms with van der Waals surface area (Å²) in [6.07, 6.45) is 12.6. The van der Waals surface area contributed by atoms with Crippen molar-refractivity contribution in [3.05, 3.63) is 89.5 Å². The van der Waals surface area contributed by atoms with E-state index < -0.39 is 10.0 Å². The van der Waals surface area contributed by atoms with E-state index in [0.29, 0.717) is 11.8 Å². The van der Waals surface area contributed by atoms with Crippen LogP contribution >= 0.6 is 0 Å². The third-order valence-corrected chi connectivity index (χ3v) is 8.35. The number of allylic oxidation sites excluding steroid dienone is 3. The minimum Gasteiger partial charge on any atom is -0.262 e. The highest BCUT2D eigenvalue weighted by Gasteiger charge is 2.45. The molecule has 5 rings (SSSR count). The van der Waals surface area contributed by atoms with Crippen LogP contribution in [0.4, 0.5) is 5.69 Å². The summed E-state index contributed by atoms with van der Waals surface area (Å²) >= 11 is 0. The average molecular weight is 406 g/mol. The van der Waals surface area contributed by atoms with Crippen LogP contribution in [0.5, 0.6) is 0 Å². The minimum atomic E-state index is -3.50. The van der Waals surface area contributed by atoms with E-state index in [-0.39, 0.29) is 11.8 Å². The zero-order valence-corrected chi connectivity index (χ0v) is 17.4. The lowest BCUT2D eigenvalue weighted by molar-refractivity contribution is 0.396. The van der Waals surface area contributed by atoms with Crippen LogP contribution in [0.2, 0.25) is 0 Å². The van der Waals surface area contributed by atoms with Crippen LogP contribution in [0.15, 0.2) is 78.4 Å². The summed E-state index contributed by atoms with van der Waals surface area (Å²) in [5.41, 5.74) is 4.35. The maximum absolute atomic E-state index is 13.6. The van der Waals surface area contributed by atoms with E-state index in [1.165, 1.54) is 18.4 Å². The van der Waals surface area contributed by atoms with E-state index in [9.17, 15) is 8.42 Å². The second-order valence-corrected chi connectivity index (χ2v) is 10.3. The Hall–Kier alpha value is -2.33. The molecule has 0 radical (unpaired) electrons. The summed E-state index contributed by atoms with van der Waals surface area (Å²) in [6, 6.07) is 17.5. The Morgan fingerprint density at radius 1 is 0.931 bits per heavy atom. The Bertz CT molecular complexity index is 1060. The van der Waals surface area contributed by atoms with Gasteiger partial charge in [-0.15, -0.1) is 0 Å². The zero-order chi connectivity index (χ0) is 19.8. The summed E-state index contributed by atoms with van der Waals surface area (Å²) in [5.74, 6) is 0.690. The van der Waals surface area contributed by atoms with Crippen molar-refractivity contribution >= 4 is 15.7 Å². The molecule has 0 saturated heterocycles. The molecule has 2 aromatic rings. The maximum atomic E-state index is 13.6. The van der Waals surface area contributed by atoms with Crippen molar-refractivity contribution in [3.8, 4) is 0 Å². The number of hydrogen-bond donors (Lipinski definition) is 0.